The van der Waals surface area contributed by atoms with Gasteiger partial charge in [0.2, 0.25) is 0 Å². The summed E-state index contributed by atoms with van der Waals surface area (Å²) >= 11 is 0. The van der Waals surface area contributed by atoms with Gasteiger partial charge in [0.25, 0.3) is 0 Å². The van der Waals surface area contributed by atoms with Gasteiger partial charge in [-0.15, -0.1) is 0 Å². The van der Waals surface area contributed by atoms with Crippen LogP contribution < -0.4 is 15.9 Å². The van der Waals surface area contributed by atoms with Crippen LogP contribution in [0.4, 0.5) is 0 Å². The van der Waals surface area contributed by atoms with E-state index in [1.54, 1.807) is 0 Å². The van der Waals surface area contributed by atoms with Crippen molar-refractivity contribution in [2.45, 2.75) is 0 Å². The van der Waals surface area contributed by atoms with Crippen LogP contribution in [0.15, 0.2) is 182 Å². The summed E-state index contributed by atoms with van der Waals surface area (Å²) in [5.41, 5.74) is 9.11. The van der Waals surface area contributed by atoms with Gasteiger partial charge >= 0.3 is 0 Å². The van der Waals surface area contributed by atoms with Crippen LogP contribution in [0.5, 0.6) is 0 Å². The van der Waals surface area contributed by atoms with Crippen molar-refractivity contribution < 1.29 is 4.57 Å². The zero-order valence-electron chi connectivity index (χ0n) is 27.5. The Morgan fingerprint density at radius 2 is 1.08 bits per heavy atom. The van der Waals surface area contributed by atoms with E-state index in [2.05, 4.69) is 102 Å². The van der Waals surface area contributed by atoms with E-state index in [0.717, 1.165) is 77.0 Å². The van der Waals surface area contributed by atoms with E-state index < -0.39 is 7.14 Å². The lowest BCUT2D eigenvalue weighted by Crippen LogP contribution is -2.21. The standard InChI is InChI=1S/C46H30N3OP/c50-51(35-18-8-3-9-19-35)42-23-13-11-20-36(42)37-28-29-41-44(45(37)51)38-21-10-12-22-40(38)49(41)43-30-39(47-46(48-43)34-16-6-2-7-17-34)33-26-24-32(25-27-33)31-14-4-1-5-15-31/h1-30H. The third-order valence-electron chi connectivity index (χ3n) is 10.0. The second-order valence-electron chi connectivity index (χ2n) is 12.9. The summed E-state index contributed by atoms with van der Waals surface area (Å²) < 4.78 is 18.1. The van der Waals surface area contributed by atoms with E-state index in [1.165, 1.54) is 5.56 Å². The van der Waals surface area contributed by atoms with E-state index in [4.69, 9.17) is 9.97 Å². The van der Waals surface area contributed by atoms with Crippen LogP contribution in [0.25, 0.3) is 72.5 Å². The minimum absolute atomic E-state index is 0.643. The molecule has 0 saturated carbocycles. The molecule has 4 nitrogen and oxygen atoms in total. The Morgan fingerprint density at radius 3 is 1.84 bits per heavy atom. The number of aromatic nitrogens is 3. The summed E-state index contributed by atoms with van der Waals surface area (Å²) in [7, 11) is -3.22. The molecule has 7 aromatic carbocycles. The number of benzene rings is 7. The minimum Gasteiger partial charge on any atom is -0.309 e. The highest BCUT2D eigenvalue weighted by molar-refractivity contribution is 7.86. The highest BCUT2D eigenvalue weighted by Crippen LogP contribution is 2.55. The van der Waals surface area contributed by atoms with Gasteiger partial charge in [-0.05, 0) is 34.4 Å². The second-order valence-corrected chi connectivity index (χ2v) is 15.6. The molecule has 0 aliphatic carbocycles. The van der Waals surface area contributed by atoms with Crippen molar-refractivity contribution in [2.75, 3.05) is 0 Å². The molecule has 0 fully saturated rings. The fourth-order valence-corrected chi connectivity index (χ4v) is 11.0. The zero-order valence-corrected chi connectivity index (χ0v) is 28.4. The minimum atomic E-state index is -3.22. The predicted molar refractivity (Wildman–Crippen MR) is 211 cm³/mol. The number of para-hydroxylation sites is 1. The zero-order chi connectivity index (χ0) is 33.9. The van der Waals surface area contributed by atoms with Gasteiger partial charge in [0.15, 0.2) is 13.0 Å². The molecule has 5 heteroatoms. The Bertz CT molecular complexity index is 2810. The van der Waals surface area contributed by atoms with Gasteiger partial charge in [-0.1, -0.05) is 164 Å². The molecular weight excluding hydrogens is 642 g/mol. The summed E-state index contributed by atoms with van der Waals surface area (Å²) in [5, 5.41) is 4.68. The molecule has 9 aromatic rings. The third kappa shape index (κ3) is 4.58. The molecule has 10 rings (SSSR count). The summed E-state index contributed by atoms with van der Waals surface area (Å²) in [6.45, 7) is 0. The van der Waals surface area contributed by atoms with Gasteiger partial charge in [-0.2, -0.15) is 0 Å². The normalized spacial score (nSPS) is 14.8. The first-order chi connectivity index (χ1) is 25.2. The van der Waals surface area contributed by atoms with Gasteiger partial charge in [-0.3, -0.25) is 4.57 Å². The van der Waals surface area contributed by atoms with E-state index in [0.29, 0.717) is 5.82 Å². The monoisotopic (exact) mass is 671 g/mol. The average Bonchev–Trinajstić information content (AvgIpc) is 3.69. The van der Waals surface area contributed by atoms with E-state index in [1.807, 2.05) is 84.9 Å². The van der Waals surface area contributed by atoms with Crippen molar-refractivity contribution in [3.8, 4) is 50.7 Å². The Hall–Kier alpha value is -6.35. The first-order valence-corrected chi connectivity index (χ1v) is 18.8. The third-order valence-corrected chi connectivity index (χ3v) is 13.2. The molecule has 0 saturated heterocycles. The summed E-state index contributed by atoms with van der Waals surface area (Å²) in [5.74, 6) is 1.40. The molecule has 0 spiro atoms. The Labute approximate surface area is 295 Å². The number of fused-ring (bicyclic) bond motifs is 7. The van der Waals surface area contributed by atoms with Crippen molar-refractivity contribution in [1.82, 2.24) is 14.5 Å². The number of hydrogen-bond donors (Lipinski definition) is 0. The first kappa shape index (κ1) is 29.6. The van der Waals surface area contributed by atoms with Gasteiger partial charge in [0.1, 0.15) is 5.82 Å². The Balaban J connectivity index is 1.25. The van der Waals surface area contributed by atoms with Crippen molar-refractivity contribution in [3.63, 3.8) is 0 Å². The number of rotatable bonds is 5. The van der Waals surface area contributed by atoms with Crippen LogP contribution in [0.2, 0.25) is 0 Å². The molecule has 240 valence electrons. The highest BCUT2D eigenvalue weighted by Gasteiger charge is 2.42. The SMILES string of the molecule is O=P1(c2ccccc2)c2ccccc2-c2ccc3c(c21)c1ccccc1n3-c1cc(-c2ccc(-c3ccccc3)cc2)nc(-c2ccccc2)n1. The van der Waals surface area contributed by atoms with Gasteiger partial charge in [-0.25, -0.2) is 9.97 Å². The van der Waals surface area contributed by atoms with Crippen molar-refractivity contribution >= 4 is 44.9 Å². The van der Waals surface area contributed by atoms with Crippen molar-refractivity contribution in [3.05, 3.63) is 182 Å². The average molecular weight is 672 g/mol. The maximum Gasteiger partial charge on any atom is 0.172 e. The van der Waals surface area contributed by atoms with Crippen LogP contribution in [-0.4, -0.2) is 14.5 Å². The lowest BCUT2D eigenvalue weighted by molar-refractivity contribution is 0.593. The van der Waals surface area contributed by atoms with Crippen LogP contribution in [-0.2, 0) is 4.57 Å². The molecule has 1 aliphatic rings. The van der Waals surface area contributed by atoms with Gasteiger partial charge in [0, 0.05) is 43.9 Å². The molecule has 2 aromatic heterocycles. The molecule has 0 amide bonds. The lowest BCUT2D eigenvalue weighted by Gasteiger charge is -2.17. The van der Waals surface area contributed by atoms with E-state index in [-0.39, 0.29) is 0 Å². The predicted octanol–water partition coefficient (Wildman–Crippen LogP) is 10.2. The van der Waals surface area contributed by atoms with Crippen LogP contribution in [0.1, 0.15) is 0 Å². The van der Waals surface area contributed by atoms with Crippen molar-refractivity contribution in [2.24, 2.45) is 0 Å². The molecule has 1 aliphatic heterocycles. The highest BCUT2D eigenvalue weighted by atomic mass is 31.2. The molecule has 0 N–H and O–H groups in total. The fourth-order valence-electron chi connectivity index (χ4n) is 7.71. The second kappa shape index (κ2) is 11.6. The summed E-state index contributed by atoms with van der Waals surface area (Å²) in [6.07, 6.45) is 0. The topological polar surface area (TPSA) is 47.8 Å². The van der Waals surface area contributed by atoms with Gasteiger partial charge in [0.05, 0.1) is 16.7 Å². The van der Waals surface area contributed by atoms with Crippen molar-refractivity contribution in [1.29, 1.82) is 0 Å². The largest absolute Gasteiger partial charge is 0.309 e. The first-order valence-electron chi connectivity index (χ1n) is 17.1. The van der Waals surface area contributed by atoms with Crippen LogP contribution >= 0.6 is 7.14 Å². The molecule has 1 atom stereocenters. The van der Waals surface area contributed by atoms with Gasteiger partial charge < -0.3 is 4.57 Å². The molecule has 3 heterocycles. The molecule has 1 unspecified atom stereocenters. The summed E-state index contributed by atoms with van der Waals surface area (Å²) in [4.78, 5) is 10.4. The molecular formula is C46H30N3OP. The Kier molecular flexibility index (Phi) is 6.74. The van der Waals surface area contributed by atoms with E-state index >= 15 is 4.57 Å². The molecule has 0 radical (unpaired) electrons. The molecule has 0 bridgehead atoms. The summed E-state index contributed by atoms with van der Waals surface area (Å²) in [6, 6.07) is 62.1. The number of hydrogen-bond acceptors (Lipinski definition) is 3. The lowest BCUT2D eigenvalue weighted by atomic mass is 10.0. The Morgan fingerprint density at radius 1 is 0.471 bits per heavy atom. The fraction of sp³-hybridized carbons (Fsp3) is 0. The van der Waals surface area contributed by atoms with Crippen LogP contribution in [0.3, 0.4) is 0 Å². The quantitative estimate of drug-likeness (QED) is 0.171. The van der Waals surface area contributed by atoms with E-state index in [9.17, 15) is 0 Å². The maximum atomic E-state index is 15.8. The number of nitrogens with zero attached hydrogens (tertiary/aromatic N) is 3. The smallest absolute Gasteiger partial charge is 0.172 e. The van der Waals surface area contributed by atoms with Crippen LogP contribution in [0, 0.1) is 0 Å². The maximum absolute atomic E-state index is 15.8. The molecule has 51 heavy (non-hydrogen) atoms.